The summed E-state index contributed by atoms with van der Waals surface area (Å²) in [5.41, 5.74) is 2.33. The molecular formula is C17H24N2S. The molecular weight excluding hydrogens is 264 g/mol. The normalized spacial score (nSPS) is 12.5. The lowest BCUT2D eigenvalue weighted by molar-refractivity contribution is 0.467. The van der Waals surface area contributed by atoms with Gasteiger partial charge in [0.25, 0.3) is 0 Å². The van der Waals surface area contributed by atoms with E-state index in [0.717, 1.165) is 18.7 Å². The smallest absolute Gasteiger partial charge is 0.0932 e. The van der Waals surface area contributed by atoms with Crippen molar-refractivity contribution in [2.45, 2.75) is 45.6 Å². The van der Waals surface area contributed by atoms with Crippen molar-refractivity contribution in [2.75, 3.05) is 6.54 Å². The summed E-state index contributed by atoms with van der Waals surface area (Å²) in [6.07, 6.45) is 4.76. The fourth-order valence-corrected chi connectivity index (χ4v) is 3.26. The Balaban J connectivity index is 1.84. The van der Waals surface area contributed by atoms with Crippen molar-refractivity contribution in [3.8, 4) is 11.3 Å². The number of aryl methyl sites for hydroxylation is 1. The third-order valence-corrected chi connectivity index (χ3v) is 4.46. The van der Waals surface area contributed by atoms with Crippen molar-refractivity contribution in [3.63, 3.8) is 0 Å². The van der Waals surface area contributed by atoms with Gasteiger partial charge in [-0.25, -0.2) is 4.98 Å². The van der Waals surface area contributed by atoms with Crippen LogP contribution in [0.1, 0.15) is 38.1 Å². The van der Waals surface area contributed by atoms with Crippen molar-refractivity contribution in [1.29, 1.82) is 0 Å². The molecule has 0 radical (unpaired) electrons. The summed E-state index contributed by atoms with van der Waals surface area (Å²) in [5.74, 6) is 0. The quantitative estimate of drug-likeness (QED) is 0.772. The molecule has 0 saturated carbocycles. The monoisotopic (exact) mass is 288 g/mol. The van der Waals surface area contributed by atoms with E-state index in [-0.39, 0.29) is 0 Å². The molecule has 2 rings (SSSR count). The summed E-state index contributed by atoms with van der Waals surface area (Å²) in [5, 5.41) is 6.96. The van der Waals surface area contributed by atoms with Gasteiger partial charge < -0.3 is 5.32 Å². The Hall–Kier alpha value is -1.19. The Bertz CT molecular complexity index is 493. The molecule has 2 aromatic rings. The molecule has 0 amide bonds. The van der Waals surface area contributed by atoms with Crippen LogP contribution in [0.25, 0.3) is 11.3 Å². The summed E-state index contributed by atoms with van der Waals surface area (Å²) in [7, 11) is 0. The molecule has 0 saturated heterocycles. The summed E-state index contributed by atoms with van der Waals surface area (Å²) in [6.45, 7) is 5.49. The molecule has 0 spiro atoms. The predicted molar refractivity (Wildman–Crippen MR) is 88.2 cm³/mol. The summed E-state index contributed by atoms with van der Waals surface area (Å²) in [6, 6.07) is 11.1. The van der Waals surface area contributed by atoms with Crippen molar-refractivity contribution < 1.29 is 0 Å². The molecule has 0 fully saturated rings. The second kappa shape index (κ2) is 8.18. The molecule has 108 valence electrons. The molecule has 1 unspecified atom stereocenters. The van der Waals surface area contributed by atoms with E-state index >= 15 is 0 Å². The van der Waals surface area contributed by atoms with Crippen LogP contribution in [-0.4, -0.2) is 17.6 Å². The first kappa shape index (κ1) is 15.2. The zero-order valence-electron chi connectivity index (χ0n) is 12.4. The molecule has 2 nitrogen and oxygen atoms in total. The van der Waals surface area contributed by atoms with Crippen LogP contribution in [0, 0.1) is 0 Å². The van der Waals surface area contributed by atoms with Crippen LogP contribution in [0.2, 0.25) is 0 Å². The maximum Gasteiger partial charge on any atom is 0.0932 e. The minimum absolute atomic E-state index is 0.661. The molecule has 20 heavy (non-hydrogen) atoms. The van der Waals surface area contributed by atoms with Gasteiger partial charge in [0.05, 0.1) is 10.7 Å². The van der Waals surface area contributed by atoms with Gasteiger partial charge in [-0.2, -0.15) is 0 Å². The van der Waals surface area contributed by atoms with Crippen LogP contribution in [0.15, 0.2) is 35.7 Å². The van der Waals surface area contributed by atoms with Crippen LogP contribution in [0.3, 0.4) is 0 Å². The molecule has 0 aliphatic rings. The van der Waals surface area contributed by atoms with Crippen molar-refractivity contribution in [3.05, 3.63) is 40.7 Å². The van der Waals surface area contributed by atoms with Crippen LogP contribution in [0.4, 0.5) is 0 Å². The number of nitrogens with one attached hydrogen (secondary N) is 1. The first-order valence-electron chi connectivity index (χ1n) is 7.56. The molecule has 0 bridgehead atoms. The fraction of sp³-hybridized carbons (Fsp3) is 0.471. The zero-order valence-corrected chi connectivity index (χ0v) is 13.2. The first-order valence-corrected chi connectivity index (χ1v) is 8.44. The third kappa shape index (κ3) is 4.43. The molecule has 1 heterocycles. The fourth-order valence-electron chi connectivity index (χ4n) is 2.41. The minimum atomic E-state index is 0.661. The first-order chi connectivity index (χ1) is 9.83. The molecule has 1 aromatic heterocycles. The van der Waals surface area contributed by atoms with Crippen LogP contribution in [-0.2, 0) is 6.42 Å². The lowest BCUT2D eigenvalue weighted by Crippen LogP contribution is -2.27. The van der Waals surface area contributed by atoms with Crippen molar-refractivity contribution in [2.24, 2.45) is 0 Å². The van der Waals surface area contributed by atoms with Gasteiger partial charge in [-0.05, 0) is 32.2 Å². The lowest BCUT2D eigenvalue weighted by atomic mass is 10.1. The Morgan fingerprint density at radius 1 is 1.20 bits per heavy atom. The van der Waals surface area contributed by atoms with Gasteiger partial charge in [-0.3, -0.25) is 0 Å². The number of thiazole rings is 1. The van der Waals surface area contributed by atoms with Gasteiger partial charge in [0.1, 0.15) is 0 Å². The molecule has 1 aromatic carbocycles. The topological polar surface area (TPSA) is 24.9 Å². The molecule has 1 N–H and O–H groups in total. The number of hydrogen-bond donors (Lipinski definition) is 1. The van der Waals surface area contributed by atoms with Crippen LogP contribution < -0.4 is 5.32 Å². The van der Waals surface area contributed by atoms with Crippen LogP contribution >= 0.6 is 11.3 Å². The van der Waals surface area contributed by atoms with E-state index in [1.165, 1.54) is 29.8 Å². The Morgan fingerprint density at radius 2 is 2.00 bits per heavy atom. The minimum Gasteiger partial charge on any atom is -0.314 e. The average molecular weight is 288 g/mol. The maximum absolute atomic E-state index is 4.75. The van der Waals surface area contributed by atoms with Gasteiger partial charge in [0, 0.05) is 17.0 Å². The van der Waals surface area contributed by atoms with Gasteiger partial charge in [0.15, 0.2) is 0 Å². The number of hydrogen-bond acceptors (Lipinski definition) is 3. The van der Waals surface area contributed by atoms with Gasteiger partial charge in [-0.1, -0.05) is 44.2 Å². The van der Waals surface area contributed by atoms with E-state index < -0.39 is 0 Å². The second-order valence-electron chi connectivity index (χ2n) is 5.05. The van der Waals surface area contributed by atoms with Gasteiger partial charge in [-0.15, -0.1) is 11.3 Å². The predicted octanol–water partition coefficient (Wildman–Crippen LogP) is 4.52. The highest BCUT2D eigenvalue weighted by atomic mass is 32.1. The Morgan fingerprint density at radius 3 is 2.70 bits per heavy atom. The van der Waals surface area contributed by atoms with Gasteiger partial charge >= 0.3 is 0 Å². The summed E-state index contributed by atoms with van der Waals surface area (Å²) < 4.78 is 0. The average Bonchev–Trinajstić information content (AvgIpc) is 2.96. The van der Waals surface area contributed by atoms with Gasteiger partial charge in [0.2, 0.25) is 0 Å². The van der Waals surface area contributed by atoms with E-state index in [0.29, 0.717) is 6.04 Å². The van der Waals surface area contributed by atoms with Crippen molar-refractivity contribution >= 4 is 11.3 Å². The zero-order chi connectivity index (χ0) is 14.2. The SMILES string of the molecule is CCNC(CC)CCCc1nc(-c2ccccc2)cs1. The van der Waals surface area contributed by atoms with Crippen LogP contribution in [0.5, 0.6) is 0 Å². The van der Waals surface area contributed by atoms with Crippen molar-refractivity contribution in [1.82, 2.24) is 10.3 Å². The molecule has 1 atom stereocenters. The number of nitrogens with zero attached hydrogens (tertiary/aromatic N) is 1. The third-order valence-electron chi connectivity index (χ3n) is 3.55. The molecule has 3 heteroatoms. The highest BCUT2D eigenvalue weighted by Crippen LogP contribution is 2.22. The summed E-state index contributed by atoms with van der Waals surface area (Å²) >= 11 is 1.79. The number of rotatable bonds is 8. The van der Waals surface area contributed by atoms with E-state index in [1.54, 1.807) is 11.3 Å². The van der Waals surface area contributed by atoms with E-state index in [9.17, 15) is 0 Å². The molecule has 0 aliphatic carbocycles. The second-order valence-corrected chi connectivity index (χ2v) is 5.99. The highest BCUT2D eigenvalue weighted by Gasteiger charge is 2.07. The Labute approximate surface area is 126 Å². The molecule has 0 aliphatic heterocycles. The highest BCUT2D eigenvalue weighted by molar-refractivity contribution is 7.09. The summed E-state index contributed by atoms with van der Waals surface area (Å²) in [4.78, 5) is 4.75. The Kier molecular flexibility index (Phi) is 6.22. The van der Waals surface area contributed by atoms with E-state index in [4.69, 9.17) is 4.98 Å². The van der Waals surface area contributed by atoms with E-state index in [2.05, 4.69) is 48.8 Å². The number of aromatic nitrogens is 1. The largest absolute Gasteiger partial charge is 0.314 e. The lowest BCUT2D eigenvalue weighted by Gasteiger charge is -2.14. The maximum atomic E-state index is 4.75. The standard InChI is InChI=1S/C17H24N2S/c1-3-15(18-4-2)11-8-12-17-19-16(13-20-17)14-9-6-5-7-10-14/h5-7,9-10,13,15,18H,3-4,8,11-12H2,1-2H3. The van der Waals surface area contributed by atoms with E-state index in [1.807, 2.05) is 6.07 Å². The number of benzene rings is 1.